The van der Waals surface area contributed by atoms with Gasteiger partial charge < -0.3 is 23.7 Å². The van der Waals surface area contributed by atoms with Crippen molar-refractivity contribution in [1.82, 2.24) is 10.6 Å². The predicted molar refractivity (Wildman–Crippen MR) is 196 cm³/mol. The first-order chi connectivity index (χ1) is 23.4. The Labute approximate surface area is 296 Å². The van der Waals surface area contributed by atoms with Gasteiger partial charge in [0.25, 0.3) is 0 Å². The summed E-state index contributed by atoms with van der Waals surface area (Å²) in [6, 6.07) is 10.2. The third-order valence-electron chi connectivity index (χ3n) is 7.04. The number of nitrogens with zero attached hydrogens (tertiary/aromatic N) is 1. The van der Waals surface area contributed by atoms with Crippen LogP contribution in [0.3, 0.4) is 0 Å². The molecule has 10 heteroatoms. The highest BCUT2D eigenvalue weighted by Gasteiger charge is 2.21. The number of amides is 2. The van der Waals surface area contributed by atoms with Crippen molar-refractivity contribution in [2.45, 2.75) is 155 Å². The van der Waals surface area contributed by atoms with E-state index in [-0.39, 0.29) is 18.9 Å². The van der Waals surface area contributed by atoms with E-state index < -0.39 is 23.4 Å². The minimum atomic E-state index is -0.679. The fraction of sp³-hybridized carbons (Fsp3) is 0.718. The lowest BCUT2D eigenvalue weighted by Crippen LogP contribution is -2.47. The van der Waals surface area contributed by atoms with Gasteiger partial charge in [0.2, 0.25) is 5.96 Å². The van der Waals surface area contributed by atoms with Crippen molar-refractivity contribution in [1.29, 1.82) is 0 Å². The highest BCUT2D eigenvalue weighted by atomic mass is 16.7. The van der Waals surface area contributed by atoms with Crippen LogP contribution >= 0.6 is 0 Å². The van der Waals surface area contributed by atoms with Crippen LogP contribution in [0.5, 0.6) is 0 Å². The molecule has 0 spiro atoms. The van der Waals surface area contributed by atoms with E-state index in [1.54, 1.807) is 48.7 Å². The molecule has 0 saturated heterocycles. The van der Waals surface area contributed by atoms with Gasteiger partial charge in [0, 0.05) is 33.1 Å². The number of methoxy groups -OCH3 is 1. The van der Waals surface area contributed by atoms with Gasteiger partial charge in [-0.1, -0.05) is 88.1 Å². The summed E-state index contributed by atoms with van der Waals surface area (Å²) in [6.45, 7) is 12.6. The number of rotatable bonds is 22. The molecule has 49 heavy (non-hydrogen) atoms. The number of hydrogen-bond acceptors (Lipinski definition) is 8. The molecule has 2 amide bonds. The van der Waals surface area contributed by atoms with Gasteiger partial charge in [0.1, 0.15) is 18.0 Å². The Morgan fingerprint density at radius 2 is 1.29 bits per heavy atom. The van der Waals surface area contributed by atoms with Crippen LogP contribution in [0.1, 0.15) is 137 Å². The Bertz CT molecular complexity index is 1070. The van der Waals surface area contributed by atoms with Crippen LogP contribution in [0.4, 0.5) is 9.59 Å². The first kappa shape index (κ1) is 43.9. The molecule has 0 aliphatic heterocycles. The third kappa shape index (κ3) is 28.4. The minimum absolute atomic E-state index is 0.0193. The topological polar surface area (TPSA) is 117 Å². The molecule has 278 valence electrons. The van der Waals surface area contributed by atoms with Gasteiger partial charge in [-0.2, -0.15) is 0 Å². The lowest BCUT2D eigenvalue weighted by atomic mass is 10.1. The van der Waals surface area contributed by atoms with Gasteiger partial charge >= 0.3 is 12.2 Å². The van der Waals surface area contributed by atoms with Crippen molar-refractivity contribution in [3.05, 3.63) is 35.9 Å². The second-order valence-electron chi connectivity index (χ2n) is 14.2. The molecule has 2 N–H and O–H groups in total. The molecule has 1 rings (SSSR count). The molecule has 0 radical (unpaired) electrons. The molecule has 0 aliphatic rings. The molecule has 1 atom stereocenters. The second-order valence-corrected chi connectivity index (χ2v) is 14.2. The standard InChI is InChI=1S/C39H65N3O7/c1-38(2,3)48-36(43)41-35(42-37(44)49-39(4,5)6)40-29-24-19-17-15-13-11-9-8-10-12-14-16-18-23-27-34(47-32-45-7)28-30-46-31-33-25-21-20-22-26-33/h20-22,25-26,34H,8-17,19,24,27-32H2,1-7H3,(H2,40,41,42,43,44). The predicted octanol–water partition coefficient (Wildman–Crippen LogP) is 9.06. The number of alkyl carbamates (subject to hydrolysis) is 2. The van der Waals surface area contributed by atoms with Crippen molar-refractivity contribution in [2.75, 3.05) is 27.1 Å². The Morgan fingerprint density at radius 1 is 0.755 bits per heavy atom. The molecule has 0 aromatic heterocycles. The zero-order chi connectivity index (χ0) is 36.2. The Balaban J connectivity index is 2.12. The highest BCUT2D eigenvalue weighted by Crippen LogP contribution is 2.13. The number of benzene rings is 1. The second kappa shape index (κ2) is 26.7. The van der Waals surface area contributed by atoms with E-state index in [9.17, 15) is 9.59 Å². The summed E-state index contributed by atoms with van der Waals surface area (Å²) in [4.78, 5) is 28.8. The highest BCUT2D eigenvalue weighted by molar-refractivity contribution is 6.01. The van der Waals surface area contributed by atoms with E-state index in [2.05, 4.69) is 39.6 Å². The van der Waals surface area contributed by atoms with E-state index >= 15 is 0 Å². The number of nitrogens with one attached hydrogen (secondary N) is 2. The summed E-state index contributed by atoms with van der Waals surface area (Å²) < 4.78 is 27.2. The monoisotopic (exact) mass is 687 g/mol. The average Bonchev–Trinajstić information content (AvgIpc) is 3.01. The largest absolute Gasteiger partial charge is 0.444 e. The Kier molecular flexibility index (Phi) is 23.9. The maximum absolute atomic E-state index is 12.2. The fourth-order valence-electron chi connectivity index (χ4n) is 4.68. The van der Waals surface area contributed by atoms with Crippen LogP contribution in [0, 0.1) is 11.8 Å². The summed E-state index contributed by atoms with van der Waals surface area (Å²) in [5, 5.41) is 5.04. The van der Waals surface area contributed by atoms with Gasteiger partial charge in [-0.25, -0.2) is 9.59 Å². The summed E-state index contributed by atoms with van der Waals surface area (Å²) in [7, 11) is 1.64. The third-order valence-corrected chi connectivity index (χ3v) is 7.04. The fourth-order valence-corrected chi connectivity index (χ4v) is 4.68. The van der Waals surface area contributed by atoms with Gasteiger partial charge in [0.15, 0.2) is 0 Å². The van der Waals surface area contributed by atoms with E-state index in [0.717, 1.165) is 38.5 Å². The number of carbonyl (C=O) groups is 2. The Morgan fingerprint density at radius 3 is 1.82 bits per heavy atom. The molecule has 0 bridgehead atoms. The van der Waals surface area contributed by atoms with Crippen LogP contribution in [0.15, 0.2) is 35.3 Å². The molecule has 1 unspecified atom stereocenters. The summed E-state index contributed by atoms with van der Waals surface area (Å²) >= 11 is 0. The van der Waals surface area contributed by atoms with Gasteiger partial charge in [-0.3, -0.25) is 15.6 Å². The normalized spacial score (nSPS) is 12.0. The molecule has 0 aliphatic carbocycles. The van der Waals surface area contributed by atoms with Crippen LogP contribution in [0.2, 0.25) is 0 Å². The zero-order valence-electron chi connectivity index (χ0n) is 31.5. The van der Waals surface area contributed by atoms with Gasteiger partial charge in [0.05, 0.1) is 12.7 Å². The van der Waals surface area contributed by atoms with Crippen molar-refractivity contribution in [3.8, 4) is 11.8 Å². The maximum Gasteiger partial charge on any atom is 0.414 e. The minimum Gasteiger partial charge on any atom is -0.444 e. The number of guanidine groups is 1. The molecular formula is C39H65N3O7. The van der Waals surface area contributed by atoms with Gasteiger partial charge in [-0.05, 0) is 66.4 Å². The number of unbranched alkanes of at least 4 members (excludes halogenated alkanes) is 11. The van der Waals surface area contributed by atoms with Crippen molar-refractivity contribution in [2.24, 2.45) is 4.99 Å². The summed E-state index contributed by atoms with van der Waals surface area (Å²) in [5.41, 5.74) is -0.157. The first-order valence-electron chi connectivity index (χ1n) is 18.1. The number of ether oxygens (including phenoxy) is 5. The van der Waals surface area contributed by atoms with Crippen molar-refractivity contribution in [3.63, 3.8) is 0 Å². The van der Waals surface area contributed by atoms with E-state index in [1.165, 1.54) is 50.5 Å². The lowest BCUT2D eigenvalue weighted by Gasteiger charge is -2.22. The summed E-state index contributed by atoms with van der Waals surface area (Å²) in [5.74, 6) is 6.65. The lowest BCUT2D eigenvalue weighted by molar-refractivity contribution is -0.0788. The number of aliphatic imine (C=N–C) groups is 1. The van der Waals surface area contributed by atoms with E-state index in [4.69, 9.17) is 23.7 Å². The quantitative estimate of drug-likeness (QED) is 0.0411. The van der Waals surface area contributed by atoms with Crippen LogP contribution in [0.25, 0.3) is 0 Å². The maximum atomic E-state index is 12.2. The number of carbonyl (C=O) groups excluding carboxylic acids is 2. The molecule has 0 saturated carbocycles. The SMILES string of the molecule is COCOC(CC#CCCCCCCCCCCCCCN=C(NC(=O)OC(C)(C)C)NC(=O)OC(C)(C)C)CCOCc1ccccc1. The molecule has 10 nitrogen and oxygen atoms in total. The average molecular weight is 688 g/mol. The number of hydrogen-bond donors (Lipinski definition) is 2. The van der Waals surface area contributed by atoms with Crippen molar-refractivity contribution < 1.29 is 33.3 Å². The molecule has 1 aromatic carbocycles. The van der Waals surface area contributed by atoms with E-state index in [1.807, 2.05) is 18.2 Å². The molecule has 0 heterocycles. The van der Waals surface area contributed by atoms with Crippen molar-refractivity contribution >= 4 is 18.1 Å². The molecule has 0 fully saturated rings. The molecular weight excluding hydrogens is 622 g/mol. The molecule has 1 aromatic rings. The van der Waals surface area contributed by atoms with Crippen LogP contribution < -0.4 is 10.6 Å². The first-order valence-corrected chi connectivity index (χ1v) is 18.1. The van der Waals surface area contributed by atoms with Crippen LogP contribution in [-0.4, -0.2) is 62.5 Å². The zero-order valence-corrected chi connectivity index (χ0v) is 31.5. The van der Waals surface area contributed by atoms with E-state index in [0.29, 0.717) is 26.2 Å². The van der Waals surface area contributed by atoms with Crippen LogP contribution in [-0.2, 0) is 30.3 Å². The smallest absolute Gasteiger partial charge is 0.414 e. The summed E-state index contributed by atoms with van der Waals surface area (Å²) in [6.07, 6.45) is 14.0. The van der Waals surface area contributed by atoms with Gasteiger partial charge in [-0.15, -0.1) is 11.8 Å². The Hall–Kier alpha value is -3.13.